The van der Waals surface area contributed by atoms with E-state index >= 15 is 0 Å². The number of allylic oxidation sites excluding steroid dienone is 1. The fourth-order valence-corrected chi connectivity index (χ4v) is 6.98. The molecule has 0 saturated carbocycles. The molecule has 0 N–H and O–H groups in total. The van der Waals surface area contributed by atoms with E-state index in [1.54, 1.807) is 30.9 Å². The monoisotopic (exact) mass is 614 g/mol. The van der Waals surface area contributed by atoms with Gasteiger partial charge in [0.2, 0.25) is 0 Å². The standard InChI is InChI=1S/C34H25F3N2O4S/c1-41-20-12-15-27(42-2)25(17-20)31-24-14-11-19-7-3-4-8-22(19)30(24)38-33-39(31)32(40)29(44-33)18-21-13-16-28(43-21)23-9-5-6-10-26(23)34(35,36)37/h3-10,12-13,15-18,31H,11,14H2,1-2H3/b29-18-. The maximum absolute atomic E-state index is 14.1. The summed E-state index contributed by atoms with van der Waals surface area (Å²) in [5.41, 5.74) is 3.66. The lowest BCUT2D eigenvalue weighted by atomic mass is 9.83. The molecule has 10 heteroatoms. The van der Waals surface area contributed by atoms with E-state index in [0.717, 1.165) is 34.9 Å². The van der Waals surface area contributed by atoms with Crippen LogP contribution in [0.25, 0.3) is 23.1 Å². The molecule has 2 aliphatic rings. The summed E-state index contributed by atoms with van der Waals surface area (Å²) in [6.07, 6.45) is -1.49. The zero-order valence-corrected chi connectivity index (χ0v) is 24.5. The number of benzene rings is 3. The highest BCUT2D eigenvalue weighted by atomic mass is 32.1. The van der Waals surface area contributed by atoms with E-state index < -0.39 is 17.8 Å². The van der Waals surface area contributed by atoms with Crippen LogP contribution in [-0.2, 0) is 12.6 Å². The van der Waals surface area contributed by atoms with E-state index in [-0.39, 0.29) is 22.6 Å². The van der Waals surface area contributed by atoms with Crippen LogP contribution in [-0.4, -0.2) is 18.8 Å². The average molecular weight is 615 g/mol. The summed E-state index contributed by atoms with van der Waals surface area (Å²) in [7, 11) is 3.18. The molecule has 3 aromatic carbocycles. The number of fused-ring (bicyclic) bond motifs is 3. The average Bonchev–Trinajstić information content (AvgIpc) is 3.63. The molecule has 222 valence electrons. The second kappa shape index (κ2) is 10.7. The smallest absolute Gasteiger partial charge is 0.417 e. The van der Waals surface area contributed by atoms with Crippen LogP contribution >= 0.6 is 11.3 Å². The van der Waals surface area contributed by atoms with Crippen LogP contribution in [0.5, 0.6) is 11.5 Å². The largest absolute Gasteiger partial charge is 0.497 e. The van der Waals surface area contributed by atoms with Crippen molar-refractivity contribution in [2.75, 3.05) is 14.2 Å². The van der Waals surface area contributed by atoms with Gasteiger partial charge in [0, 0.05) is 22.8 Å². The zero-order valence-electron chi connectivity index (χ0n) is 23.6. The number of ether oxygens (including phenoxy) is 2. The Bertz CT molecular complexity index is 2140. The number of halogens is 3. The van der Waals surface area contributed by atoms with Gasteiger partial charge in [-0.3, -0.25) is 9.36 Å². The molecule has 3 heterocycles. The number of aryl methyl sites for hydroxylation is 1. The molecule has 0 bridgehead atoms. The van der Waals surface area contributed by atoms with E-state index in [4.69, 9.17) is 18.9 Å². The highest BCUT2D eigenvalue weighted by Gasteiger charge is 2.35. The van der Waals surface area contributed by atoms with Crippen LogP contribution in [0, 0.1) is 0 Å². The summed E-state index contributed by atoms with van der Waals surface area (Å²) >= 11 is 1.20. The minimum Gasteiger partial charge on any atom is -0.497 e. The predicted molar refractivity (Wildman–Crippen MR) is 161 cm³/mol. The van der Waals surface area contributed by atoms with Gasteiger partial charge in [0.15, 0.2) is 4.80 Å². The van der Waals surface area contributed by atoms with Crippen LogP contribution < -0.4 is 24.4 Å². The van der Waals surface area contributed by atoms with Crippen molar-refractivity contribution in [1.29, 1.82) is 0 Å². The number of methoxy groups -OCH3 is 2. The van der Waals surface area contributed by atoms with Gasteiger partial charge in [-0.05, 0) is 60.4 Å². The Kier molecular flexibility index (Phi) is 6.81. The minimum absolute atomic E-state index is 0.0583. The first-order chi connectivity index (χ1) is 21.3. The lowest BCUT2D eigenvalue weighted by Gasteiger charge is -2.31. The van der Waals surface area contributed by atoms with Gasteiger partial charge in [-0.1, -0.05) is 53.8 Å². The van der Waals surface area contributed by atoms with Gasteiger partial charge >= 0.3 is 6.18 Å². The van der Waals surface area contributed by atoms with Gasteiger partial charge in [-0.15, -0.1) is 0 Å². The summed E-state index contributed by atoms with van der Waals surface area (Å²) in [6, 6.07) is 21.4. The Hall–Kier alpha value is -4.83. The quantitative estimate of drug-likeness (QED) is 0.223. The number of hydrogen-bond acceptors (Lipinski definition) is 6. The molecule has 1 aliphatic heterocycles. The molecule has 2 aromatic heterocycles. The van der Waals surface area contributed by atoms with Crippen molar-refractivity contribution in [3.05, 3.63) is 132 Å². The predicted octanol–water partition coefficient (Wildman–Crippen LogP) is 6.61. The van der Waals surface area contributed by atoms with E-state index in [9.17, 15) is 18.0 Å². The SMILES string of the molecule is COc1ccc(OC)c(C2C3=C(N=c4s/c(=C\c5ccc(-c6ccccc6C(F)(F)F)o5)c(=O)n42)c2ccccc2CC3)c1. The second-order valence-electron chi connectivity index (χ2n) is 10.5. The Morgan fingerprint density at radius 1 is 0.955 bits per heavy atom. The van der Waals surface area contributed by atoms with Gasteiger partial charge in [-0.25, -0.2) is 4.99 Å². The molecule has 1 unspecified atom stereocenters. The molecule has 1 atom stereocenters. The molecule has 6 nitrogen and oxygen atoms in total. The van der Waals surface area contributed by atoms with Gasteiger partial charge in [0.25, 0.3) is 5.56 Å². The lowest BCUT2D eigenvalue weighted by molar-refractivity contribution is -0.137. The van der Waals surface area contributed by atoms with Crippen molar-refractivity contribution in [2.45, 2.75) is 25.1 Å². The molecule has 0 radical (unpaired) electrons. The zero-order chi connectivity index (χ0) is 30.6. The van der Waals surface area contributed by atoms with E-state index in [2.05, 4.69) is 6.07 Å². The number of alkyl halides is 3. The van der Waals surface area contributed by atoms with Crippen molar-refractivity contribution < 1.29 is 27.1 Å². The Balaban J connectivity index is 1.42. The van der Waals surface area contributed by atoms with Crippen LogP contribution in [0.4, 0.5) is 13.2 Å². The second-order valence-corrected chi connectivity index (χ2v) is 11.5. The van der Waals surface area contributed by atoms with Crippen molar-refractivity contribution in [3.63, 3.8) is 0 Å². The molecular weight excluding hydrogens is 589 g/mol. The topological polar surface area (TPSA) is 66.0 Å². The number of hydrogen-bond donors (Lipinski definition) is 0. The van der Waals surface area contributed by atoms with Crippen LogP contribution in [0.3, 0.4) is 0 Å². The first kappa shape index (κ1) is 28.0. The highest BCUT2D eigenvalue weighted by molar-refractivity contribution is 7.07. The van der Waals surface area contributed by atoms with Gasteiger partial charge in [0.05, 0.1) is 36.1 Å². The normalized spacial score (nSPS) is 16.2. The fourth-order valence-electron chi connectivity index (χ4n) is 6.00. The number of nitrogens with zero attached hydrogens (tertiary/aromatic N) is 2. The van der Waals surface area contributed by atoms with E-state index in [1.165, 1.54) is 41.2 Å². The van der Waals surface area contributed by atoms with Crippen molar-refractivity contribution in [2.24, 2.45) is 4.99 Å². The molecule has 0 amide bonds. The fraction of sp³-hybridized carbons (Fsp3) is 0.176. The number of furan rings is 1. The summed E-state index contributed by atoms with van der Waals surface area (Å²) in [5, 5.41) is 0. The third-order valence-electron chi connectivity index (χ3n) is 8.00. The van der Waals surface area contributed by atoms with Gasteiger partial charge in [0.1, 0.15) is 23.0 Å². The summed E-state index contributed by atoms with van der Waals surface area (Å²) in [5.74, 6) is 1.55. The molecule has 7 rings (SSSR count). The summed E-state index contributed by atoms with van der Waals surface area (Å²) in [6.45, 7) is 0. The lowest BCUT2D eigenvalue weighted by Crippen LogP contribution is -2.39. The molecule has 5 aromatic rings. The number of thiazole rings is 1. The molecule has 44 heavy (non-hydrogen) atoms. The van der Waals surface area contributed by atoms with Crippen molar-refractivity contribution in [1.82, 2.24) is 4.57 Å². The Morgan fingerprint density at radius 3 is 2.50 bits per heavy atom. The summed E-state index contributed by atoms with van der Waals surface area (Å²) < 4.78 is 60.1. The van der Waals surface area contributed by atoms with Gasteiger partial charge < -0.3 is 13.9 Å². The van der Waals surface area contributed by atoms with E-state index in [1.807, 2.05) is 36.4 Å². The van der Waals surface area contributed by atoms with Crippen molar-refractivity contribution >= 4 is 23.1 Å². The van der Waals surface area contributed by atoms with Crippen molar-refractivity contribution in [3.8, 4) is 22.8 Å². The highest BCUT2D eigenvalue weighted by Crippen LogP contribution is 2.44. The molecule has 1 aliphatic carbocycles. The third kappa shape index (κ3) is 4.66. The molecular formula is C34H25F3N2O4S. The number of rotatable bonds is 5. The first-order valence-corrected chi connectivity index (χ1v) is 14.7. The van der Waals surface area contributed by atoms with Crippen LogP contribution in [0.1, 0.15) is 40.5 Å². The maximum atomic E-state index is 14.1. The van der Waals surface area contributed by atoms with E-state index in [0.29, 0.717) is 27.3 Å². The minimum atomic E-state index is -4.54. The Morgan fingerprint density at radius 2 is 1.73 bits per heavy atom. The number of aromatic nitrogens is 1. The third-order valence-corrected chi connectivity index (χ3v) is 8.99. The molecule has 0 fully saturated rings. The first-order valence-electron chi connectivity index (χ1n) is 13.9. The molecule has 0 saturated heterocycles. The van der Waals surface area contributed by atoms with Gasteiger partial charge in [-0.2, -0.15) is 13.2 Å². The van der Waals surface area contributed by atoms with Crippen LogP contribution in [0.2, 0.25) is 0 Å². The van der Waals surface area contributed by atoms with Crippen LogP contribution in [0.15, 0.2) is 98.6 Å². The Labute approximate surface area is 253 Å². The maximum Gasteiger partial charge on any atom is 0.417 e. The molecule has 0 spiro atoms. The summed E-state index contributed by atoms with van der Waals surface area (Å²) in [4.78, 5) is 19.6.